The second-order valence-electron chi connectivity index (χ2n) is 4.06. The average molecular weight is 303 g/mol. The fourth-order valence-electron chi connectivity index (χ4n) is 1.86. The van der Waals surface area contributed by atoms with E-state index in [1.165, 1.54) is 9.75 Å². The first-order valence-electron chi connectivity index (χ1n) is 5.66. The van der Waals surface area contributed by atoms with E-state index in [0.717, 1.165) is 30.5 Å². The molecule has 0 spiro atoms. The Labute approximate surface area is 121 Å². The highest BCUT2D eigenvalue weighted by Gasteiger charge is 2.19. The van der Waals surface area contributed by atoms with E-state index in [2.05, 4.69) is 29.8 Å². The van der Waals surface area contributed by atoms with E-state index in [-0.39, 0.29) is 18.4 Å². The highest BCUT2D eigenvalue weighted by molar-refractivity contribution is 7.16. The number of aromatic nitrogens is 1. The van der Waals surface area contributed by atoms with E-state index >= 15 is 0 Å². The van der Waals surface area contributed by atoms with Gasteiger partial charge in [0.1, 0.15) is 5.01 Å². The second kappa shape index (κ2) is 6.12. The Balaban J connectivity index is 0.00000120. The van der Waals surface area contributed by atoms with Crippen molar-refractivity contribution >= 4 is 35.1 Å². The number of nitrogens with zero attached hydrogens (tertiary/aromatic N) is 1. The molecule has 3 heterocycles. The first-order valence-corrected chi connectivity index (χ1v) is 7.36. The number of rotatable bonds is 2. The lowest BCUT2D eigenvalue weighted by Crippen LogP contribution is -2.34. The van der Waals surface area contributed by atoms with Gasteiger partial charge in [-0.1, -0.05) is 0 Å². The Hall–Kier alpha value is -0.460. The minimum Gasteiger partial charge on any atom is -0.378 e. The Morgan fingerprint density at radius 3 is 3.00 bits per heavy atom. The van der Waals surface area contributed by atoms with Crippen LogP contribution in [0.25, 0.3) is 10.6 Å². The molecule has 0 amide bonds. The number of hydrogen-bond acceptors (Lipinski definition) is 5. The summed E-state index contributed by atoms with van der Waals surface area (Å²) in [7, 11) is 0. The fraction of sp³-hybridized carbons (Fsp3) is 0.417. The molecule has 0 aliphatic carbocycles. The predicted molar refractivity (Wildman–Crippen MR) is 79.0 cm³/mol. The SMILES string of the molecule is Cc1ccc(-c2csc(C3COCCN3)n2)s1.Cl. The van der Waals surface area contributed by atoms with Gasteiger partial charge in [0.05, 0.1) is 29.8 Å². The van der Waals surface area contributed by atoms with Crippen LogP contribution in [-0.4, -0.2) is 24.7 Å². The third-order valence-electron chi connectivity index (χ3n) is 2.73. The van der Waals surface area contributed by atoms with Crippen LogP contribution in [0.3, 0.4) is 0 Å². The zero-order valence-electron chi connectivity index (χ0n) is 10.0. The molecular weight excluding hydrogens is 288 g/mol. The number of hydrogen-bond donors (Lipinski definition) is 1. The molecule has 1 saturated heterocycles. The van der Waals surface area contributed by atoms with Crippen molar-refractivity contribution in [2.75, 3.05) is 19.8 Å². The Morgan fingerprint density at radius 2 is 2.33 bits per heavy atom. The summed E-state index contributed by atoms with van der Waals surface area (Å²) >= 11 is 3.51. The number of thiophene rings is 1. The van der Waals surface area contributed by atoms with Crippen LogP contribution in [0.15, 0.2) is 17.5 Å². The largest absolute Gasteiger partial charge is 0.378 e. The maximum atomic E-state index is 5.46. The van der Waals surface area contributed by atoms with Crippen LogP contribution in [0.2, 0.25) is 0 Å². The fourth-order valence-corrected chi connectivity index (χ4v) is 3.64. The maximum Gasteiger partial charge on any atom is 0.113 e. The first kappa shape index (κ1) is 14.0. The van der Waals surface area contributed by atoms with Crippen molar-refractivity contribution in [3.63, 3.8) is 0 Å². The van der Waals surface area contributed by atoms with Crippen LogP contribution in [0, 0.1) is 6.92 Å². The van der Waals surface area contributed by atoms with Gasteiger partial charge in [-0.25, -0.2) is 4.98 Å². The molecule has 1 unspecified atom stereocenters. The van der Waals surface area contributed by atoms with Gasteiger partial charge >= 0.3 is 0 Å². The van der Waals surface area contributed by atoms with Crippen LogP contribution in [0.1, 0.15) is 15.9 Å². The lowest BCUT2D eigenvalue weighted by atomic mass is 10.3. The number of thiazole rings is 1. The summed E-state index contributed by atoms with van der Waals surface area (Å²) in [5, 5.41) is 6.70. The van der Waals surface area contributed by atoms with E-state index < -0.39 is 0 Å². The van der Waals surface area contributed by atoms with Gasteiger partial charge in [0, 0.05) is 16.8 Å². The van der Waals surface area contributed by atoms with Crippen LogP contribution < -0.4 is 5.32 Å². The predicted octanol–water partition coefficient (Wildman–Crippen LogP) is 3.26. The summed E-state index contributed by atoms with van der Waals surface area (Å²) in [6, 6.07) is 4.55. The van der Waals surface area contributed by atoms with E-state index in [1.54, 1.807) is 22.7 Å². The molecule has 18 heavy (non-hydrogen) atoms. The summed E-state index contributed by atoms with van der Waals surface area (Å²) in [5.74, 6) is 0. The number of morpholine rings is 1. The van der Waals surface area contributed by atoms with Crippen molar-refractivity contribution in [3.05, 3.63) is 27.4 Å². The number of ether oxygens (including phenoxy) is 1. The van der Waals surface area contributed by atoms with E-state index in [1.807, 2.05) is 0 Å². The standard InChI is InChI=1S/C12H14N2OS2.ClH/c1-8-2-3-11(17-8)10-7-16-12(14-10)9-6-15-5-4-13-9;/h2-3,7,9,13H,4-6H2,1H3;1H. The normalized spacial score (nSPS) is 19.5. The Bertz CT molecular complexity index is 506. The quantitative estimate of drug-likeness (QED) is 0.924. The molecular formula is C12H15ClN2OS2. The molecule has 3 rings (SSSR count). The summed E-state index contributed by atoms with van der Waals surface area (Å²) in [6.45, 7) is 4.57. The van der Waals surface area contributed by atoms with Gasteiger partial charge in [0.2, 0.25) is 0 Å². The van der Waals surface area contributed by atoms with Crippen molar-refractivity contribution < 1.29 is 4.74 Å². The topological polar surface area (TPSA) is 34.1 Å². The molecule has 2 aromatic rings. The van der Waals surface area contributed by atoms with Gasteiger partial charge in [0.15, 0.2) is 0 Å². The smallest absolute Gasteiger partial charge is 0.113 e. The van der Waals surface area contributed by atoms with Gasteiger partial charge in [-0.15, -0.1) is 35.1 Å². The van der Waals surface area contributed by atoms with E-state index in [0.29, 0.717) is 0 Å². The van der Waals surface area contributed by atoms with Crippen LogP contribution in [0.5, 0.6) is 0 Å². The summed E-state index contributed by atoms with van der Waals surface area (Å²) < 4.78 is 5.46. The molecule has 3 nitrogen and oxygen atoms in total. The summed E-state index contributed by atoms with van der Waals surface area (Å²) in [5.41, 5.74) is 1.09. The van der Waals surface area contributed by atoms with Crippen molar-refractivity contribution in [2.45, 2.75) is 13.0 Å². The molecule has 0 saturated carbocycles. The molecule has 98 valence electrons. The molecule has 2 aromatic heterocycles. The van der Waals surface area contributed by atoms with Gasteiger partial charge < -0.3 is 10.1 Å². The number of aryl methyl sites for hydroxylation is 1. The molecule has 1 aliphatic heterocycles. The third-order valence-corrected chi connectivity index (χ3v) is 4.72. The van der Waals surface area contributed by atoms with Crippen LogP contribution in [-0.2, 0) is 4.74 Å². The molecule has 1 atom stereocenters. The first-order chi connectivity index (χ1) is 8.33. The monoisotopic (exact) mass is 302 g/mol. The second-order valence-corrected chi connectivity index (χ2v) is 6.24. The lowest BCUT2D eigenvalue weighted by Gasteiger charge is -2.21. The molecule has 1 aliphatic rings. The van der Waals surface area contributed by atoms with E-state index in [4.69, 9.17) is 9.72 Å². The number of halogens is 1. The van der Waals surface area contributed by atoms with Crippen molar-refractivity contribution in [1.82, 2.24) is 10.3 Å². The Kier molecular flexibility index (Phi) is 4.75. The summed E-state index contributed by atoms with van der Waals surface area (Å²) in [6.07, 6.45) is 0. The van der Waals surface area contributed by atoms with Gasteiger partial charge in [-0.05, 0) is 19.1 Å². The third kappa shape index (κ3) is 2.92. The van der Waals surface area contributed by atoms with Crippen molar-refractivity contribution in [2.24, 2.45) is 0 Å². The van der Waals surface area contributed by atoms with Crippen LogP contribution in [0.4, 0.5) is 0 Å². The van der Waals surface area contributed by atoms with Crippen molar-refractivity contribution in [3.8, 4) is 10.6 Å². The van der Waals surface area contributed by atoms with Gasteiger partial charge in [-0.2, -0.15) is 0 Å². The van der Waals surface area contributed by atoms with Crippen molar-refractivity contribution in [1.29, 1.82) is 0 Å². The molecule has 0 radical (unpaired) electrons. The van der Waals surface area contributed by atoms with Gasteiger partial charge in [-0.3, -0.25) is 0 Å². The lowest BCUT2D eigenvalue weighted by molar-refractivity contribution is 0.0768. The average Bonchev–Trinajstić information content (AvgIpc) is 2.98. The number of nitrogens with one attached hydrogen (secondary N) is 1. The zero-order chi connectivity index (χ0) is 11.7. The van der Waals surface area contributed by atoms with Crippen LogP contribution >= 0.6 is 35.1 Å². The minimum absolute atomic E-state index is 0. The maximum absolute atomic E-state index is 5.46. The molecule has 1 fully saturated rings. The van der Waals surface area contributed by atoms with Gasteiger partial charge in [0.25, 0.3) is 0 Å². The molecule has 0 aromatic carbocycles. The highest BCUT2D eigenvalue weighted by Crippen LogP contribution is 2.30. The van der Waals surface area contributed by atoms with E-state index in [9.17, 15) is 0 Å². The zero-order valence-corrected chi connectivity index (χ0v) is 12.5. The molecule has 6 heteroatoms. The summed E-state index contributed by atoms with van der Waals surface area (Å²) in [4.78, 5) is 7.28. The Morgan fingerprint density at radius 1 is 1.44 bits per heavy atom. The molecule has 1 N–H and O–H groups in total. The highest BCUT2D eigenvalue weighted by atomic mass is 35.5. The molecule has 0 bridgehead atoms. The minimum atomic E-state index is 0.